The van der Waals surface area contributed by atoms with Crippen molar-refractivity contribution in [1.29, 1.82) is 0 Å². The highest BCUT2D eigenvalue weighted by molar-refractivity contribution is 5.97. The maximum Gasteiger partial charge on any atom is 0.167 e. The number of carbonyl (C=O) groups excluding carboxylic acids is 1. The molecule has 2 saturated carbocycles. The minimum atomic E-state index is 0.193. The minimum Gasteiger partial charge on any atom is -0.311 e. The average molecular weight is 393 g/mol. The summed E-state index contributed by atoms with van der Waals surface area (Å²) in [4.78, 5) is 15.2. The van der Waals surface area contributed by atoms with Gasteiger partial charge in [0, 0.05) is 42.7 Å². The van der Waals surface area contributed by atoms with Gasteiger partial charge in [-0.25, -0.2) is 0 Å². The molecule has 5 rings (SSSR count). The zero-order chi connectivity index (χ0) is 19.8. The van der Waals surface area contributed by atoms with Gasteiger partial charge in [-0.3, -0.25) is 9.48 Å². The van der Waals surface area contributed by atoms with Crippen molar-refractivity contribution in [2.45, 2.75) is 63.1 Å². The number of piperidine rings is 1. The number of likely N-dealkylation sites (tertiary alicyclic amines) is 1. The summed E-state index contributed by atoms with van der Waals surface area (Å²) < 4.78 is 2.00. The van der Waals surface area contributed by atoms with Crippen molar-refractivity contribution in [1.82, 2.24) is 20.0 Å². The molecule has 1 saturated heterocycles. The van der Waals surface area contributed by atoms with Crippen molar-refractivity contribution in [3.63, 3.8) is 0 Å². The third-order valence-electron chi connectivity index (χ3n) is 6.79. The molecule has 3 aliphatic rings. The molecule has 3 fully saturated rings. The fourth-order valence-corrected chi connectivity index (χ4v) is 4.62. The Morgan fingerprint density at radius 3 is 2.83 bits per heavy atom. The highest BCUT2D eigenvalue weighted by Gasteiger charge is 2.39. The van der Waals surface area contributed by atoms with Gasteiger partial charge in [0.2, 0.25) is 0 Å². The van der Waals surface area contributed by atoms with Crippen molar-refractivity contribution in [2.24, 2.45) is 5.92 Å². The molecular weight excluding hydrogens is 360 g/mol. The highest BCUT2D eigenvalue weighted by atomic mass is 16.1. The zero-order valence-electron chi connectivity index (χ0n) is 17.4. The van der Waals surface area contributed by atoms with Gasteiger partial charge >= 0.3 is 0 Å². The summed E-state index contributed by atoms with van der Waals surface area (Å²) in [5.74, 6) is 1.55. The molecule has 5 heteroatoms. The SMILES string of the molecule is CN1CCC(NC2CC2c2cccc(C(=O)Cc3cnn(CC4CC4)c3)c2)CC1. The zero-order valence-corrected chi connectivity index (χ0v) is 17.4. The van der Waals surface area contributed by atoms with E-state index in [1.165, 1.54) is 50.8 Å². The van der Waals surface area contributed by atoms with Crippen LogP contribution >= 0.6 is 0 Å². The molecule has 1 N–H and O–H groups in total. The highest BCUT2D eigenvalue weighted by Crippen LogP contribution is 2.41. The van der Waals surface area contributed by atoms with Gasteiger partial charge in [-0.15, -0.1) is 0 Å². The van der Waals surface area contributed by atoms with E-state index in [4.69, 9.17) is 0 Å². The van der Waals surface area contributed by atoms with E-state index in [1.54, 1.807) is 0 Å². The van der Waals surface area contributed by atoms with Gasteiger partial charge in [-0.1, -0.05) is 18.2 Å². The summed E-state index contributed by atoms with van der Waals surface area (Å²) in [6.45, 7) is 3.38. The second-order valence-electron chi connectivity index (χ2n) is 9.43. The third-order valence-corrected chi connectivity index (χ3v) is 6.79. The molecule has 0 radical (unpaired) electrons. The van der Waals surface area contributed by atoms with E-state index in [2.05, 4.69) is 34.5 Å². The molecule has 2 aliphatic carbocycles. The Balaban J connectivity index is 1.16. The first-order chi connectivity index (χ1) is 14.1. The normalized spacial score (nSPS) is 25.3. The molecule has 5 nitrogen and oxygen atoms in total. The van der Waals surface area contributed by atoms with Crippen molar-refractivity contribution in [2.75, 3.05) is 20.1 Å². The predicted molar refractivity (Wildman–Crippen MR) is 114 cm³/mol. The molecule has 2 atom stereocenters. The maximum atomic E-state index is 12.8. The Hall–Kier alpha value is -1.98. The predicted octanol–water partition coefficient (Wildman–Crippen LogP) is 3.26. The lowest BCUT2D eigenvalue weighted by Crippen LogP contribution is -2.42. The summed E-state index contributed by atoms with van der Waals surface area (Å²) in [5.41, 5.74) is 3.17. The lowest BCUT2D eigenvalue weighted by Gasteiger charge is -2.29. The number of aromatic nitrogens is 2. The second kappa shape index (κ2) is 8.04. The second-order valence-corrected chi connectivity index (χ2v) is 9.43. The summed E-state index contributed by atoms with van der Waals surface area (Å²) in [5, 5.41) is 8.27. The summed E-state index contributed by atoms with van der Waals surface area (Å²) in [6, 6.07) is 9.54. The Morgan fingerprint density at radius 2 is 2.03 bits per heavy atom. The molecule has 29 heavy (non-hydrogen) atoms. The van der Waals surface area contributed by atoms with Crippen LogP contribution in [0.1, 0.15) is 59.5 Å². The maximum absolute atomic E-state index is 12.8. The van der Waals surface area contributed by atoms with Crippen LogP contribution in [-0.4, -0.2) is 52.7 Å². The summed E-state index contributed by atoms with van der Waals surface area (Å²) in [6.07, 6.45) is 10.6. The van der Waals surface area contributed by atoms with Gasteiger partial charge in [0.05, 0.1) is 6.20 Å². The van der Waals surface area contributed by atoms with Crippen molar-refractivity contribution >= 4 is 5.78 Å². The number of nitrogens with zero attached hydrogens (tertiary/aromatic N) is 3. The van der Waals surface area contributed by atoms with E-state index in [-0.39, 0.29) is 5.78 Å². The van der Waals surface area contributed by atoms with Crippen LogP contribution in [-0.2, 0) is 13.0 Å². The van der Waals surface area contributed by atoms with E-state index < -0.39 is 0 Å². The van der Waals surface area contributed by atoms with Crippen LogP contribution < -0.4 is 5.32 Å². The van der Waals surface area contributed by atoms with Crippen LogP contribution in [0, 0.1) is 5.92 Å². The molecule has 1 aromatic heterocycles. The Labute approximate surface area is 173 Å². The van der Waals surface area contributed by atoms with Gasteiger partial charge in [0.25, 0.3) is 0 Å². The van der Waals surface area contributed by atoms with Gasteiger partial charge in [0.1, 0.15) is 0 Å². The number of carbonyl (C=O) groups is 1. The lowest BCUT2D eigenvalue weighted by molar-refractivity contribution is 0.0993. The quantitative estimate of drug-likeness (QED) is 0.701. The van der Waals surface area contributed by atoms with E-state index in [0.29, 0.717) is 24.4 Å². The summed E-state index contributed by atoms with van der Waals surface area (Å²) in [7, 11) is 2.21. The van der Waals surface area contributed by atoms with Crippen LogP contribution in [0.3, 0.4) is 0 Å². The first-order valence-corrected chi connectivity index (χ1v) is 11.2. The molecule has 0 amide bonds. The van der Waals surface area contributed by atoms with Gasteiger partial charge in [0.15, 0.2) is 5.78 Å². The number of Topliss-reactive ketones (excluding diaryl/α,β-unsaturated/α-hetero) is 1. The molecule has 1 aromatic carbocycles. The fraction of sp³-hybridized carbons (Fsp3) is 0.583. The smallest absolute Gasteiger partial charge is 0.167 e. The van der Waals surface area contributed by atoms with Crippen LogP contribution in [0.15, 0.2) is 36.7 Å². The van der Waals surface area contributed by atoms with Crippen molar-refractivity contribution < 1.29 is 4.79 Å². The molecule has 1 aliphatic heterocycles. The minimum absolute atomic E-state index is 0.193. The van der Waals surface area contributed by atoms with Crippen LogP contribution in [0.4, 0.5) is 0 Å². The molecular formula is C24H32N4O. The molecule has 0 spiro atoms. The number of hydrogen-bond donors (Lipinski definition) is 1. The lowest BCUT2D eigenvalue weighted by atomic mass is 10.0. The van der Waals surface area contributed by atoms with Gasteiger partial charge < -0.3 is 10.2 Å². The molecule has 154 valence electrons. The van der Waals surface area contributed by atoms with Crippen LogP contribution in [0.2, 0.25) is 0 Å². The molecule has 2 aromatic rings. The van der Waals surface area contributed by atoms with Crippen molar-refractivity contribution in [3.8, 4) is 0 Å². The standard InChI is InChI=1S/C24H32N4O/c1-27-9-7-21(8-10-27)26-23-13-22(23)19-3-2-4-20(12-19)24(29)11-18-14-25-28(16-18)15-17-5-6-17/h2-4,12,14,16-17,21-23,26H,5-11,13,15H2,1H3. The number of nitrogens with one attached hydrogen (secondary N) is 1. The first-order valence-electron chi connectivity index (χ1n) is 11.2. The Bertz CT molecular complexity index is 863. The number of ketones is 1. The van der Waals surface area contributed by atoms with Crippen LogP contribution in [0.5, 0.6) is 0 Å². The number of benzene rings is 1. The van der Waals surface area contributed by atoms with E-state index in [9.17, 15) is 4.79 Å². The summed E-state index contributed by atoms with van der Waals surface area (Å²) >= 11 is 0. The first kappa shape index (κ1) is 19.0. The van der Waals surface area contributed by atoms with E-state index in [1.807, 2.05) is 29.2 Å². The number of rotatable bonds is 8. The average Bonchev–Trinajstić information content (AvgIpc) is 3.64. The topological polar surface area (TPSA) is 50.2 Å². The molecule has 0 bridgehead atoms. The van der Waals surface area contributed by atoms with E-state index >= 15 is 0 Å². The monoisotopic (exact) mass is 392 g/mol. The third kappa shape index (κ3) is 4.78. The van der Waals surface area contributed by atoms with E-state index in [0.717, 1.165) is 23.6 Å². The fourth-order valence-electron chi connectivity index (χ4n) is 4.62. The molecule has 2 heterocycles. The molecule has 2 unspecified atom stereocenters. The van der Waals surface area contributed by atoms with Crippen molar-refractivity contribution in [3.05, 3.63) is 53.3 Å². The number of hydrogen-bond acceptors (Lipinski definition) is 4. The largest absolute Gasteiger partial charge is 0.311 e. The van der Waals surface area contributed by atoms with Gasteiger partial charge in [-0.05, 0) is 75.4 Å². The van der Waals surface area contributed by atoms with Gasteiger partial charge in [-0.2, -0.15) is 5.10 Å². The Morgan fingerprint density at radius 1 is 1.21 bits per heavy atom. The Kier molecular flexibility index (Phi) is 5.27. The van der Waals surface area contributed by atoms with Crippen LogP contribution in [0.25, 0.3) is 0 Å².